The van der Waals surface area contributed by atoms with Gasteiger partial charge in [0.2, 0.25) is 17.0 Å². The van der Waals surface area contributed by atoms with Gasteiger partial charge in [0, 0.05) is 11.4 Å². The second kappa shape index (κ2) is 7.40. The maximum Gasteiger partial charge on any atom is 0.248 e. The Labute approximate surface area is 166 Å². The predicted octanol–water partition coefficient (Wildman–Crippen LogP) is 3.05. The van der Waals surface area contributed by atoms with Crippen molar-refractivity contribution in [1.29, 1.82) is 0 Å². The minimum atomic E-state index is -0.556. The Kier molecular flexibility index (Phi) is 4.79. The number of benzene rings is 2. The van der Waals surface area contributed by atoms with Crippen LogP contribution in [-0.2, 0) is 10.5 Å². The van der Waals surface area contributed by atoms with Gasteiger partial charge in [-0.05, 0) is 30.2 Å². The van der Waals surface area contributed by atoms with Gasteiger partial charge in [-0.1, -0.05) is 54.2 Å². The van der Waals surface area contributed by atoms with Crippen molar-refractivity contribution in [2.75, 3.05) is 5.32 Å². The molecule has 0 fully saturated rings. The third-order valence-electron chi connectivity index (χ3n) is 4.50. The third kappa shape index (κ3) is 3.46. The number of carbonyl (C=O) groups excluding carboxylic acids is 1. The predicted molar refractivity (Wildman–Crippen MR) is 108 cm³/mol. The molecule has 8 heteroatoms. The molecule has 2 aromatic carbocycles. The van der Waals surface area contributed by atoms with Crippen LogP contribution in [0.4, 0.5) is 5.95 Å². The number of nitrogens with two attached hydrogens (primary N) is 1. The molecule has 1 atom stereocenters. The summed E-state index contributed by atoms with van der Waals surface area (Å²) < 4.78 is 1.65. The second-order valence-electron chi connectivity index (χ2n) is 6.46. The van der Waals surface area contributed by atoms with Gasteiger partial charge in [-0.2, -0.15) is 4.98 Å². The average Bonchev–Trinajstić information content (AvgIpc) is 3.08. The molecule has 0 spiro atoms. The van der Waals surface area contributed by atoms with Crippen LogP contribution in [0.25, 0.3) is 0 Å². The van der Waals surface area contributed by atoms with Crippen LogP contribution < -0.4 is 11.1 Å². The van der Waals surface area contributed by atoms with Gasteiger partial charge >= 0.3 is 0 Å². The molecule has 7 nitrogen and oxygen atoms in total. The fourth-order valence-corrected chi connectivity index (χ4v) is 4.02. The standard InChI is InChI=1S/C20H19N5O2S/c1-12-16(18(21)27)17(14-8-5-9-15(26)10-14)25-19(22-12)23-20(24-25)28-11-13-6-3-2-4-7-13/h2-10,17,26H,11H2,1H3,(H2,21,27)(H,22,23,24). The number of nitrogens with one attached hydrogen (secondary N) is 1. The SMILES string of the molecule is CC1=C(C(N)=O)C(c2cccc(O)c2)n2nc(SCc3ccccc3)nc2N1. The molecule has 0 saturated heterocycles. The normalized spacial score (nSPS) is 15.8. The highest BCUT2D eigenvalue weighted by atomic mass is 32.2. The van der Waals surface area contributed by atoms with E-state index in [0.29, 0.717) is 27.9 Å². The van der Waals surface area contributed by atoms with Crippen LogP contribution in [0, 0.1) is 0 Å². The number of hydrogen-bond acceptors (Lipinski definition) is 6. The largest absolute Gasteiger partial charge is 0.508 e. The summed E-state index contributed by atoms with van der Waals surface area (Å²) in [5.74, 6) is 0.832. The number of rotatable bonds is 5. The quantitative estimate of drug-likeness (QED) is 0.575. The number of allylic oxidation sites excluding steroid dienone is 1. The second-order valence-corrected chi connectivity index (χ2v) is 7.40. The lowest BCUT2D eigenvalue weighted by atomic mass is 9.95. The van der Waals surface area contributed by atoms with Crippen molar-refractivity contribution in [2.45, 2.75) is 23.9 Å². The lowest BCUT2D eigenvalue weighted by Crippen LogP contribution is -2.31. The topological polar surface area (TPSA) is 106 Å². The molecule has 28 heavy (non-hydrogen) atoms. The summed E-state index contributed by atoms with van der Waals surface area (Å²) in [6.07, 6.45) is 0. The summed E-state index contributed by atoms with van der Waals surface area (Å²) >= 11 is 1.51. The summed E-state index contributed by atoms with van der Waals surface area (Å²) in [4.78, 5) is 16.7. The minimum absolute atomic E-state index is 0.109. The van der Waals surface area contributed by atoms with Crippen LogP contribution in [0.2, 0.25) is 0 Å². The van der Waals surface area contributed by atoms with Gasteiger partial charge in [-0.3, -0.25) is 4.79 Å². The Morgan fingerprint density at radius 1 is 1.25 bits per heavy atom. The molecule has 0 bridgehead atoms. The molecule has 142 valence electrons. The van der Waals surface area contributed by atoms with Crippen LogP contribution in [0.5, 0.6) is 5.75 Å². The highest BCUT2D eigenvalue weighted by molar-refractivity contribution is 7.98. The van der Waals surface area contributed by atoms with Crippen molar-refractivity contribution in [3.63, 3.8) is 0 Å². The first-order valence-electron chi connectivity index (χ1n) is 8.72. The van der Waals surface area contributed by atoms with Crippen molar-refractivity contribution in [1.82, 2.24) is 14.8 Å². The summed E-state index contributed by atoms with van der Waals surface area (Å²) in [7, 11) is 0. The van der Waals surface area contributed by atoms with E-state index in [9.17, 15) is 9.90 Å². The van der Waals surface area contributed by atoms with Crippen molar-refractivity contribution >= 4 is 23.6 Å². The number of hydrogen-bond donors (Lipinski definition) is 3. The van der Waals surface area contributed by atoms with Crippen LogP contribution >= 0.6 is 11.8 Å². The van der Waals surface area contributed by atoms with E-state index in [1.165, 1.54) is 17.3 Å². The third-order valence-corrected chi connectivity index (χ3v) is 5.40. The number of nitrogens with zero attached hydrogens (tertiary/aromatic N) is 3. The molecule has 1 amide bonds. The summed E-state index contributed by atoms with van der Waals surface area (Å²) in [5, 5.41) is 18.2. The van der Waals surface area contributed by atoms with E-state index in [1.807, 2.05) is 36.4 Å². The van der Waals surface area contributed by atoms with E-state index < -0.39 is 11.9 Å². The molecular weight excluding hydrogens is 374 g/mol. The maximum absolute atomic E-state index is 12.2. The number of primary amides is 1. The molecule has 1 unspecified atom stereocenters. The van der Waals surface area contributed by atoms with Gasteiger partial charge in [0.25, 0.3) is 0 Å². The van der Waals surface area contributed by atoms with Gasteiger partial charge in [-0.25, -0.2) is 4.68 Å². The molecule has 0 radical (unpaired) electrons. The maximum atomic E-state index is 12.2. The summed E-state index contributed by atoms with van der Waals surface area (Å²) in [6, 6.07) is 16.2. The van der Waals surface area contributed by atoms with E-state index in [4.69, 9.17) is 5.73 Å². The van der Waals surface area contributed by atoms with Crippen LogP contribution in [-0.4, -0.2) is 25.8 Å². The highest BCUT2D eigenvalue weighted by Gasteiger charge is 2.33. The van der Waals surface area contributed by atoms with Gasteiger partial charge in [-0.15, -0.1) is 5.10 Å². The zero-order valence-electron chi connectivity index (χ0n) is 15.2. The van der Waals surface area contributed by atoms with Gasteiger partial charge in [0.15, 0.2) is 0 Å². The number of phenolic OH excluding ortho intramolecular Hbond substituents is 1. The summed E-state index contributed by atoms with van der Waals surface area (Å²) in [5.41, 5.74) is 8.55. The Hall–Kier alpha value is -3.26. The molecule has 4 N–H and O–H groups in total. The van der Waals surface area contributed by atoms with Crippen LogP contribution in [0.3, 0.4) is 0 Å². The molecule has 1 aromatic heterocycles. The lowest BCUT2D eigenvalue weighted by molar-refractivity contribution is -0.115. The lowest BCUT2D eigenvalue weighted by Gasteiger charge is -2.27. The molecule has 0 aliphatic carbocycles. The van der Waals surface area contributed by atoms with Crippen LogP contribution in [0.15, 0.2) is 71.0 Å². The molecule has 0 saturated carbocycles. The van der Waals surface area contributed by atoms with Gasteiger partial charge < -0.3 is 16.2 Å². The highest BCUT2D eigenvalue weighted by Crippen LogP contribution is 2.37. The number of aromatic hydroxyl groups is 1. The molecular formula is C20H19N5O2S. The minimum Gasteiger partial charge on any atom is -0.508 e. The van der Waals surface area contributed by atoms with E-state index >= 15 is 0 Å². The number of phenols is 1. The zero-order chi connectivity index (χ0) is 19.7. The zero-order valence-corrected chi connectivity index (χ0v) is 16.0. The molecule has 2 heterocycles. The average molecular weight is 393 g/mol. The van der Waals surface area contributed by atoms with E-state index in [1.54, 1.807) is 29.8 Å². The van der Waals surface area contributed by atoms with Crippen molar-refractivity contribution in [3.8, 4) is 5.75 Å². The van der Waals surface area contributed by atoms with Gasteiger partial charge in [0.1, 0.15) is 11.8 Å². The first kappa shape index (κ1) is 18.1. The number of fused-ring (bicyclic) bond motifs is 1. The first-order chi connectivity index (χ1) is 13.5. The van der Waals surface area contributed by atoms with Crippen LogP contribution in [0.1, 0.15) is 24.1 Å². The number of anilines is 1. The van der Waals surface area contributed by atoms with Crippen molar-refractivity contribution in [2.24, 2.45) is 5.73 Å². The molecule has 3 aromatic rings. The van der Waals surface area contributed by atoms with Crippen molar-refractivity contribution in [3.05, 3.63) is 77.0 Å². The van der Waals surface area contributed by atoms with E-state index in [2.05, 4.69) is 15.4 Å². The fourth-order valence-electron chi connectivity index (χ4n) is 3.24. The smallest absolute Gasteiger partial charge is 0.248 e. The molecule has 4 rings (SSSR count). The Morgan fingerprint density at radius 2 is 2.04 bits per heavy atom. The first-order valence-corrected chi connectivity index (χ1v) is 9.71. The Bertz CT molecular complexity index is 1060. The van der Waals surface area contributed by atoms with E-state index in [0.717, 1.165) is 5.75 Å². The number of amides is 1. The Balaban J connectivity index is 1.71. The fraction of sp³-hybridized carbons (Fsp3) is 0.150. The van der Waals surface area contributed by atoms with Gasteiger partial charge in [0.05, 0.1) is 5.57 Å². The Morgan fingerprint density at radius 3 is 2.75 bits per heavy atom. The molecule has 1 aliphatic heterocycles. The monoisotopic (exact) mass is 393 g/mol. The van der Waals surface area contributed by atoms with Crippen molar-refractivity contribution < 1.29 is 9.90 Å². The number of carbonyl (C=O) groups is 1. The number of thioether (sulfide) groups is 1. The molecule has 1 aliphatic rings. The number of aromatic nitrogens is 3. The summed E-state index contributed by atoms with van der Waals surface area (Å²) in [6.45, 7) is 1.78. The van der Waals surface area contributed by atoms with E-state index in [-0.39, 0.29) is 5.75 Å².